The SMILES string of the molecule is CC[C@]1(O)CCC[C@H]2CN(C(=O)c3c(C)n(C)c4ccc(O)cc34)C[C@H]21. The highest BCUT2D eigenvalue weighted by Gasteiger charge is 2.49. The fourth-order valence-corrected chi connectivity index (χ4v) is 5.22. The summed E-state index contributed by atoms with van der Waals surface area (Å²) in [6.07, 6.45) is 3.71. The van der Waals surface area contributed by atoms with Crippen LogP contribution in [0.15, 0.2) is 18.2 Å². The zero-order chi connectivity index (χ0) is 18.6. The van der Waals surface area contributed by atoms with Gasteiger partial charge in [-0.1, -0.05) is 13.3 Å². The van der Waals surface area contributed by atoms with E-state index in [0.717, 1.165) is 48.8 Å². The number of aromatic hydroxyl groups is 1. The highest BCUT2D eigenvalue weighted by molar-refractivity contribution is 6.08. The average molecular weight is 356 g/mol. The third kappa shape index (κ3) is 2.44. The van der Waals surface area contributed by atoms with Gasteiger partial charge in [0, 0.05) is 42.7 Å². The van der Waals surface area contributed by atoms with Crippen molar-refractivity contribution in [3.63, 3.8) is 0 Å². The van der Waals surface area contributed by atoms with Gasteiger partial charge in [0.05, 0.1) is 11.2 Å². The first-order valence-electron chi connectivity index (χ1n) is 9.65. The first kappa shape index (κ1) is 17.4. The lowest BCUT2D eigenvalue weighted by atomic mass is 9.69. The molecule has 1 aromatic carbocycles. The van der Waals surface area contributed by atoms with E-state index in [-0.39, 0.29) is 17.6 Å². The van der Waals surface area contributed by atoms with Crippen LogP contribution in [0.25, 0.3) is 10.9 Å². The molecule has 0 spiro atoms. The molecule has 2 heterocycles. The lowest BCUT2D eigenvalue weighted by molar-refractivity contribution is -0.0609. The van der Waals surface area contributed by atoms with Gasteiger partial charge in [0.1, 0.15) is 5.75 Å². The van der Waals surface area contributed by atoms with E-state index in [2.05, 4.69) is 0 Å². The summed E-state index contributed by atoms with van der Waals surface area (Å²) in [5.74, 6) is 0.759. The number of benzene rings is 1. The minimum absolute atomic E-state index is 0.0200. The van der Waals surface area contributed by atoms with Crippen LogP contribution in [0.3, 0.4) is 0 Å². The maximum atomic E-state index is 13.4. The van der Waals surface area contributed by atoms with Crippen LogP contribution < -0.4 is 0 Å². The third-order valence-electron chi connectivity index (χ3n) is 6.90. The molecule has 140 valence electrons. The van der Waals surface area contributed by atoms with Crippen molar-refractivity contribution in [1.29, 1.82) is 0 Å². The zero-order valence-electron chi connectivity index (χ0n) is 15.8. The summed E-state index contributed by atoms with van der Waals surface area (Å²) in [6, 6.07) is 5.19. The van der Waals surface area contributed by atoms with Crippen molar-refractivity contribution in [1.82, 2.24) is 9.47 Å². The molecule has 5 nitrogen and oxygen atoms in total. The van der Waals surface area contributed by atoms with E-state index in [0.29, 0.717) is 18.0 Å². The number of aromatic nitrogens is 1. The zero-order valence-corrected chi connectivity index (χ0v) is 15.8. The number of carbonyl (C=O) groups is 1. The maximum absolute atomic E-state index is 13.4. The van der Waals surface area contributed by atoms with Gasteiger partial charge in [-0.25, -0.2) is 0 Å². The van der Waals surface area contributed by atoms with Crippen LogP contribution in [0.4, 0.5) is 0 Å². The highest BCUT2D eigenvalue weighted by atomic mass is 16.3. The van der Waals surface area contributed by atoms with Crippen molar-refractivity contribution in [3.8, 4) is 5.75 Å². The van der Waals surface area contributed by atoms with Gasteiger partial charge in [-0.2, -0.15) is 0 Å². The van der Waals surface area contributed by atoms with Crippen LogP contribution >= 0.6 is 0 Å². The molecule has 1 aliphatic carbocycles. The molecule has 1 aliphatic heterocycles. The molecule has 0 bridgehead atoms. The summed E-state index contributed by atoms with van der Waals surface area (Å²) in [7, 11) is 1.95. The van der Waals surface area contributed by atoms with Gasteiger partial charge in [-0.05, 0) is 50.3 Å². The second kappa shape index (κ2) is 6.02. The van der Waals surface area contributed by atoms with Crippen molar-refractivity contribution in [3.05, 3.63) is 29.5 Å². The molecule has 26 heavy (non-hydrogen) atoms. The van der Waals surface area contributed by atoms with E-state index >= 15 is 0 Å². The molecule has 1 amide bonds. The Morgan fingerprint density at radius 3 is 2.85 bits per heavy atom. The Hall–Kier alpha value is -2.01. The second-order valence-electron chi connectivity index (χ2n) is 8.15. The lowest BCUT2D eigenvalue weighted by Gasteiger charge is -2.40. The molecule has 2 N–H and O–H groups in total. The molecule has 1 saturated heterocycles. The van der Waals surface area contributed by atoms with Crippen molar-refractivity contribution in [2.45, 2.75) is 45.1 Å². The van der Waals surface area contributed by atoms with Gasteiger partial charge in [0.15, 0.2) is 0 Å². The summed E-state index contributed by atoms with van der Waals surface area (Å²) in [6.45, 7) is 5.35. The largest absolute Gasteiger partial charge is 0.508 e. The van der Waals surface area contributed by atoms with Crippen molar-refractivity contribution in [2.75, 3.05) is 13.1 Å². The van der Waals surface area contributed by atoms with E-state index in [1.54, 1.807) is 12.1 Å². The quantitative estimate of drug-likeness (QED) is 0.868. The maximum Gasteiger partial charge on any atom is 0.256 e. The molecule has 2 aliphatic rings. The predicted octanol–water partition coefficient (Wildman–Crippen LogP) is 3.21. The van der Waals surface area contributed by atoms with Crippen LogP contribution in [0.2, 0.25) is 0 Å². The van der Waals surface area contributed by atoms with E-state index in [9.17, 15) is 15.0 Å². The van der Waals surface area contributed by atoms with Crippen molar-refractivity contribution in [2.24, 2.45) is 18.9 Å². The normalized spacial score (nSPS) is 28.5. The topological polar surface area (TPSA) is 65.7 Å². The molecule has 2 aromatic rings. The molecule has 4 rings (SSSR count). The smallest absolute Gasteiger partial charge is 0.256 e. The van der Waals surface area contributed by atoms with E-state index in [4.69, 9.17) is 0 Å². The van der Waals surface area contributed by atoms with Gasteiger partial charge in [-0.3, -0.25) is 4.79 Å². The van der Waals surface area contributed by atoms with Crippen LogP contribution in [-0.2, 0) is 7.05 Å². The summed E-state index contributed by atoms with van der Waals surface area (Å²) >= 11 is 0. The van der Waals surface area contributed by atoms with Gasteiger partial charge in [0.2, 0.25) is 0 Å². The molecule has 1 saturated carbocycles. The summed E-state index contributed by atoms with van der Waals surface area (Å²) in [4.78, 5) is 15.3. The average Bonchev–Trinajstić information content (AvgIpc) is 3.16. The Balaban J connectivity index is 1.70. The summed E-state index contributed by atoms with van der Waals surface area (Å²) in [5.41, 5.74) is 1.91. The number of phenols is 1. The van der Waals surface area contributed by atoms with Gasteiger partial charge in [-0.15, -0.1) is 0 Å². The van der Waals surface area contributed by atoms with Crippen molar-refractivity contribution >= 4 is 16.8 Å². The first-order valence-corrected chi connectivity index (χ1v) is 9.65. The number of phenolic OH excluding ortho intramolecular Hbond substituents is 1. The number of likely N-dealkylation sites (tertiary alicyclic amines) is 1. The number of amides is 1. The number of aryl methyl sites for hydroxylation is 1. The molecule has 1 aromatic heterocycles. The standard InChI is InChI=1S/C21H28N2O3/c1-4-21(26)9-5-6-14-11-23(12-17(14)21)20(25)19-13(2)22(3)18-8-7-15(24)10-16(18)19/h7-8,10,14,17,24,26H,4-6,9,11-12H2,1-3H3/t14-,17+,21-/m0/s1. The number of carbonyl (C=O) groups excluding carboxylic acids is 1. The number of hydrogen-bond donors (Lipinski definition) is 2. The van der Waals surface area contributed by atoms with E-state index in [1.165, 1.54) is 0 Å². The Morgan fingerprint density at radius 1 is 1.35 bits per heavy atom. The fraction of sp³-hybridized carbons (Fsp3) is 0.571. The molecule has 0 unspecified atom stereocenters. The second-order valence-corrected chi connectivity index (χ2v) is 8.15. The number of aliphatic hydroxyl groups is 1. The minimum Gasteiger partial charge on any atom is -0.508 e. The molecule has 2 fully saturated rings. The van der Waals surface area contributed by atoms with Crippen LogP contribution in [0, 0.1) is 18.8 Å². The minimum atomic E-state index is -0.635. The monoisotopic (exact) mass is 356 g/mol. The third-order valence-corrected chi connectivity index (χ3v) is 6.90. The number of nitrogens with zero attached hydrogens (tertiary/aromatic N) is 2. The van der Waals surface area contributed by atoms with Gasteiger partial charge < -0.3 is 19.7 Å². The summed E-state index contributed by atoms with van der Waals surface area (Å²) < 4.78 is 2.01. The number of rotatable bonds is 2. The highest BCUT2D eigenvalue weighted by Crippen LogP contribution is 2.45. The van der Waals surface area contributed by atoms with Gasteiger partial charge in [0.25, 0.3) is 5.91 Å². The molecular weight excluding hydrogens is 328 g/mol. The van der Waals surface area contributed by atoms with Crippen LogP contribution in [0.5, 0.6) is 5.75 Å². The lowest BCUT2D eigenvalue weighted by Crippen LogP contribution is -2.44. The van der Waals surface area contributed by atoms with Crippen LogP contribution in [-0.4, -0.2) is 44.3 Å². The summed E-state index contributed by atoms with van der Waals surface area (Å²) in [5, 5.41) is 21.7. The Bertz CT molecular complexity index is 872. The number of fused-ring (bicyclic) bond motifs is 2. The number of hydrogen-bond acceptors (Lipinski definition) is 3. The van der Waals surface area contributed by atoms with E-state index < -0.39 is 5.60 Å². The molecule has 3 atom stereocenters. The fourth-order valence-electron chi connectivity index (χ4n) is 5.22. The Labute approximate surface area is 154 Å². The van der Waals surface area contributed by atoms with Gasteiger partial charge >= 0.3 is 0 Å². The van der Waals surface area contributed by atoms with Crippen molar-refractivity contribution < 1.29 is 15.0 Å². The first-order chi connectivity index (χ1) is 12.4. The Kier molecular flexibility index (Phi) is 4.03. The molecule has 0 radical (unpaired) electrons. The Morgan fingerprint density at radius 2 is 2.12 bits per heavy atom. The predicted molar refractivity (Wildman–Crippen MR) is 101 cm³/mol. The molecular formula is C21H28N2O3. The molecule has 5 heteroatoms. The van der Waals surface area contributed by atoms with E-state index in [1.807, 2.05) is 36.4 Å². The van der Waals surface area contributed by atoms with Crippen LogP contribution in [0.1, 0.15) is 48.7 Å².